The van der Waals surface area contributed by atoms with Crippen molar-refractivity contribution in [1.29, 1.82) is 0 Å². The summed E-state index contributed by atoms with van der Waals surface area (Å²) in [7, 11) is -3.87. The van der Waals surface area contributed by atoms with Crippen molar-refractivity contribution in [3.05, 3.63) is 68.8 Å². The van der Waals surface area contributed by atoms with Gasteiger partial charge in [0.25, 0.3) is 5.69 Å². The predicted molar refractivity (Wildman–Crippen MR) is 116 cm³/mol. The van der Waals surface area contributed by atoms with Crippen molar-refractivity contribution in [1.82, 2.24) is 9.29 Å². The summed E-state index contributed by atoms with van der Waals surface area (Å²) in [5, 5.41) is 12.5. The van der Waals surface area contributed by atoms with E-state index in [1.807, 2.05) is 12.1 Å². The van der Waals surface area contributed by atoms with E-state index in [0.29, 0.717) is 18.1 Å². The molecule has 1 aliphatic rings. The van der Waals surface area contributed by atoms with Crippen LogP contribution in [-0.4, -0.2) is 48.8 Å². The number of hydrogen-bond acceptors (Lipinski definition) is 6. The summed E-state index contributed by atoms with van der Waals surface area (Å²) >= 11 is 11.8. The minimum absolute atomic E-state index is 0.103. The van der Waals surface area contributed by atoms with E-state index in [2.05, 4.69) is 9.88 Å². The van der Waals surface area contributed by atoms with Gasteiger partial charge in [0.1, 0.15) is 5.02 Å². The van der Waals surface area contributed by atoms with Gasteiger partial charge in [0, 0.05) is 54.5 Å². The summed E-state index contributed by atoms with van der Waals surface area (Å²) in [6.45, 7) is 1.43. The Bertz CT molecular complexity index is 1240. The molecule has 1 saturated heterocycles. The number of piperazine rings is 1. The number of pyridine rings is 1. The number of fused-ring (bicyclic) bond motifs is 1. The quantitative estimate of drug-likeness (QED) is 0.426. The molecular weight excluding hydrogens is 451 g/mol. The number of nitro groups is 1. The molecule has 0 spiro atoms. The zero-order valence-electron chi connectivity index (χ0n) is 15.5. The van der Waals surface area contributed by atoms with Gasteiger partial charge < -0.3 is 4.90 Å². The third-order valence-electron chi connectivity index (χ3n) is 5.01. The SMILES string of the molecule is O=[N+]([O-])c1cc(S(=O)(=O)N2CCN(c3ccnc4cc(Cl)ccc34)CC2)ccc1Cl. The van der Waals surface area contributed by atoms with E-state index in [4.69, 9.17) is 23.2 Å². The van der Waals surface area contributed by atoms with E-state index in [9.17, 15) is 18.5 Å². The van der Waals surface area contributed by atoms with Crippen LogP contribution in [0.25, 0.3) is 10.9 Å². The highest BCUT2D eigenvalue weighted by Gasteiger charge is 2.30. The lowest BCUT2D eigenvalue weighted by Crippen LogP contribution is -2.48. The van der Waals surface area contributed by atoms with Crippen LogP contribution in [-0.2, 0) is 10.0 Å². The molecule has 0 aliphatic carbocycles. The Hall–Kier alpha value is -2.46. The zero-order valence-corrected chi connectivity index (χ0v) is 17.9. The Balaban J connectivity index is 1.56. The molecule has 1 aromatic heterocycles. The second-order valence-electron chi connectivity index (χ2n) is 6.75. The third-order valence-corrected chi connectivity index (χ3v) is 7.46. The summed E-state index contributed by atoms with van der Waals surface area (Å²) in [4.78, 5) is 16.7. The summed E-state index contributed by atoms with van der Waals surface area (Å²) < 4.78 is 27.3. The topological polar surface area (TPSA) is 96.6 Å². The van der Waals surface area contributed by atoms with Crippen molar-refractivity contribution >= 4 is 55.5 Å². The molecule has 0 unspecified atom stereocenters. The van der Waals surface area contributed by atoms with E-state index >= 15 is 0 Å². The lowest BCUT2D eigenvalue weighted by atomic mass is 10.1. The number of hydrogen-bond donors (Lipinski definition) is 0. The monoisotopic (exact) mass is 466 g/mol. The molecule has 1 aliphatic heterocycles. The number of anilines is 1. The lowest BCUT2D eigenvalue weighted by Gasteiger charge is -2.35. The number of aromatic nitrogens is 1. The van der Waals surface area contributed by atoms with Crippen LogP contribution in [0, 0.1) is 10.1 Å². The van der Waals surface area contributed by atoms with Crippen molar-refractivity contribution in [3.63, 3.8) is 0 Å². The van der Waals surface area contributed by atoms with E-state index in [-0.39, 0.29) is 23.0 Å². The first kappa shape index (κ1) is 20.8. The van der Waals surface area contributed by atoms with Gasteiger partial charge in [-0.1, -0.05) is 23.2 Å². The van der Waals surface area contributed by atoms with Crippen molar-refractivity contribution in [2.24, 2.45) is 0 Å². The van der Waals surface area contributed by atoms with Crippen molar-refractivity contribution < 1.29 is 13.3 Å². The van der Waals surface area contributed by atoms with Crippen LogP contribution < -0.4 is 4.90 Å². The maximum Gasteiger partial charge on any atom is 0.289 e. The van der Waals surface area contributed by atoms with Gasteiger partial charge in [0.05, 0.1) is 15.3 Å². The smallest absolute Gasteiger partial charge is 0.289 e. The molecule has 156 valence electrons. The van der Waals surface area contributed by atoms with Crippen LogP contribution in [0.4, 0.5) is 11.4 Å². The molecule has 2 heterocycles. The number of sulfonamides is 1. The first-order chi connectivity index (χ1) is 14.3. The molecule has 30 heavy (non-hydrogen) atoms. The van der Waals surface area contributed by atoms with Crippen molar-refractivity contribution in [3.8, 4) is 0 Å². The van der Waals surface area contributed by atoms with Crippen molar-refractivity contribution in [2.75, 3.05) is 31.1 Å². The fourth-order valence-electron chi connectivity index (χ4n) is 3.49. The molecular formula is C19H16Cl2N4O4S. The maximum atomic E-state index is 13.0. The average Bonchev–Trinajstić information content (AvgIpc) is 2.73. The molecule has 0 amide bonds. The van der Waals surface area contributed by atoms with Gasteiger partial charge in [0.2, 0.25) is 10.0 Å². The standard InChI is InChI=1S/C19H16Cl2N4O4S/c20-13-1-3-15-17(11-13)22-6-5-18(15)23-7-9-24(10-8-23)30(28,29)14-2-4-16(21)19(12-14)25(26)27/h1-6,11-12H,7-10H2. The van der Waals surface area contributed by atoms with Gasteiger partial charge in [0.15, 0.2) is 0 Å². The number of rotatable bonds is 4. The van der Waals surface area contributed by atoms with Gasteiger partial charge in [-0.15, -0.1) is 0 Å². The molecule has 2 aromatic carbocycles. The number of halogens is 2. The highest BCUT2D eigenvalue weighted by atomic mass is 35.5. The average molecular weight is 467 g/mol. The van der Waals surface area contributed by atoms with E-state index in [0.717, 1.165) is 22.7 Å². The Labute approximate surface area is 182 Å². The molecule has 1 fully saturated rings. The Morgan fingerprint density at radius 3 is 2.43 bits per heavy atom. The fraction of sp³-hybridized carbons (Fsp3) is 0.211. The molecule has 0 N–H and O–H groups in total. The van der Waals surface area contributed by atoms with Gasteiger partial charge in [-0.05, 0) is 36.4 Å². The Morgan fingerprint density at radius 1 is 1.00 bits per heavy atom. The molecule has 0 atom stereocenters. The Kier molecular flexibility index (Phi) is 5.54. The molecule has 0 saturated carbocycles. The molecule has 8 nitrogen and oxygen atoms in total. The van der Waals surface area contributed by atoms with E-state index in [1.54, 1.807) is 18.3 Å². The third kappa shape index (κ3) is 3.81. The first-order valence-electron chi connectivity index (χ1n) is 9.01. The van der Waals surface area contributed by atoms with Gasteiger partial charge in [-0.25, -0.2) is 8.42 Å². The largest absolute Gasteiger partial charge is 0.368 e. The van der Waals surface area contributed by atoms with Gasteiger partial charge >= 0.3 is 0 Å². The first-order valence-corrected chi connectivity index (χ1v) is 11.2. The van der Waals surface area contributed by atoms with Crippen LogP contribution in [0.2, 0.25) is 10.0 Å². The van der Waals surface area contributed by atoms with E-state index in [1.165, 1.54) is 16.4 Å². The minimum Gasteiger partial charge on any atom is -0.368 e. The van der Waals surface area contributed by atoms with Crippen LogP contribution in [0.3, 0.4) is 0 Å². The minimum atomic E-state index is -3.87. The van der Waals surface area contributed by atoms with Crippen LogP contribution in [0.15, 0.2) is 53.6 Å². The molecule has 0 bridgehead atoms. The lowest BCUT2D eigenvalue weighted by molar-refractivity contribution is -0.384. The maximum absolute atomic E-state index is 13.0. The number of nitro benzene ring substituents is 1. The van der Waals surface area contributed by atoms with Gasteiger partial charge in [-0.2, -0.15) is 4.31 Å². The van der Waals surface area contributed by atoms with Crippen molar-refractivity contribution in [2.45, 2.75) is 4.90 Å². The summed E-state index contributed by atoms with van der Waals surface area (Å²) in [6, 6.07) is 10.9. The van der Waals surface area contributed by atoms with Crippen LogP contribution in [0.1, 0.15) is 0 Å². The van der Waals surface area contributed by atoms with E-state index < -0.39 is 20.6 Å². The van der Waals surface area contributed by atoms with Crippen LogP contribution >= 0.6 is 23.2 Å². The molecule has 3 aromatic rings. The summed E-state index contributed by atoms with van der Waals surface area (Å²) in [5.41, 5.74) is 1.29. The normalized spacial score (nSPS) is 15.5. The molecule has 0 radical (unpaired) electrons. The molecule has 11 heteroatoms. The highest BCUT2D eigenvalue weighted by molar-refractivity contribution is 7.89. The Morgan fingerprint density at radius 2 is 1.73 bits per heavy atom. The second kappa shape index (κ2) is 7.99. The fourth-order valence-corrected chi connectivity index (χ4v) is 5.29. The molecule has 4 rings (SSSR count). The predicted octanol–water partition coefficient (Wildman–Crippen LogP) is 3.96. The summed E-state index contributed by atoms with van der Waals surface area (Å²) in [5.74, 6) is 0. The summed E-state index contributed by atoms with van der Waals surface area (Å²) in [6.07, 6.45) is 1.70. The number of nitrogens with zero attached hydrogens (tertiary/aromatic N) is 4. The zero-order chi connectivity index (χ0) is 21.5. The highest BCUT2D eigenvalue weighted by Crippen LogP contribution is 2.31. The number of benzene rings is 2. The second-order valence-corrected chi connectivity index (χ2v) is 9.53. The van der Waals surface area contributed by atoms with Crippen LogP contribution in [0.5, 0.6) is 0 Å². The van der Waals surface area contributed by atoms with Gasteiger partial charge in [-0.3, -0.25) is 15.1 Å².